The van der Waals surface area contributed by atoms with E-state index in [-0.39, 0.29) is 24.2 Å². The number of pyridine rings is 2. The second-order valence-electron chi connectivity index (χ2n) is 6.43. The second kappa shape index (κ2) is 7.29. The van der Waals surface area contributed by atoms with Crippen molar-refractivity contribution in [3.63, 3.8) is 0 Å². The lowest BCUT2D eigenvalue weighted by molar-refractivity contribution is -0.0810. The molecule has 1 amide bonds. The Balaban J connectivity index is 1.48. The number of hydrogen-bond donors (Lipinski definition) is 0. The van der Waals surface area contributed by atoms with Crippen molar-refractivity contribution >= 4 is 5.91 Å². The molecule has 2 aromatic heterocycles. The Morgan fingerprint density at radius 2 is 2.24 bits per heavy atom. The number of hydrogen-bond acceptors (Lipinski definition) is 5. The first-order valence-corrected chi connectivity index (χ1v) is 8.67. The van der Waals surface area contributed by atoms with Crippen molar-refractivity contribution in [3.8, 4) is 0 Å². The Morgan fingerprint density at radius 3 is 3.04 bits per heavy atom. The molecule has 0 spiro atoms. The summed E-state index contributed by atoms with van der Waals surface area (Å²) in [5, 5.41) is 0. The number of aromatic nitrogens is 2. The molecule has 0 aliphatic carbocycles. The first-order valence-electron chi connectivity index (χ1n) is 8.67. The Bertz CT molecular complexity index is 710. The molecule has 0 N–H and O–H groups in total. The summed E-state index contributed by atoms with van der Waals surface area (Å²) < 4.78 is 12.1. The average Bonchev–Trinajstić information content (AvgIpc) is 3.06. The first kappa shape index (κ1) is 16.2. The van der Waals surface area contributed by atoms with E-state index in [9.17, 15) is 4.79 Å². The maximum atomic E-state index is 12.9. The SMILES string of the molecule is O=C(c1ccccn1)N1C[C@@H](OCc2cccnc2)[C@H]2OCCC[C@@H]21. The van der Waals surface area contributed by atoms with E-state index >= 15 is 0 Å². The van der Waals surface area contributed by atoms with Crippen molar-refractivity contribution in [2.75, 3.05) is 13.2 Å². The van der Waals surface area contributed by atoms with Gasteiger partial charge in [0.2, 0.25) is 0 Å². The van der Waals surface area contributed by atoms with Crippen LogP contribution in [0.5, 0.6) is 0 Å². The normalized spacial score (nSPS) is 25.6. The molecule has 0 saturated carbocycles. The van der Waals surface area contributed by atoms with Crippen molar-refractivity contribution in [1.29, 1.82) is 0 Å². The molecule has 2 aromatic rings. The fourth-order valence-electron chi connectivity index (χ4n) is 3.61. The molecule has 130 valence electrons. The maximum Gasteiger partial charge on any atom is 0.272 e. The Hall–Kier alpha value is -2.31. The van der Waals surface area contributed by atoms with Crippen molar-refractivity contribution in [2.24, 2.45) is 0 Å². The standard InChI is InChI=1S/C19H21N3O3/c23-19(15-6-1-2-9-21-15)22-12-17(18-16(22)7-4-10-24-18)25-13-14-5-3-8-20-11-14/h1-3,5-6,8-9,11,16-18H,4,7,10,12-13H2/t16-,17+,18-/m0/s1. The zero-order valence-corrected chi connectivity index (χ0v) is 14.0. The lowest BCUT2D eigenvalue weighted by atomic mass is 10.0. The summed E-state index contributed by atoms with van der Waals surface area (Å²) in [7, 11) is 0. The van der Waals surface area contributed by atoms with Gasteiger partial charge in [0.15, 0.2) is 0 Å². The summed E-state index contributed by atoms with van der Waals surface area (Å²) in [6.07, 6.45) is 6.89. The Morgan fingerprint density at radius 1 is 1.28 bits per heavy atom. The first-order chi connectivity index (χ1) is 12.3. The zero-order chi connectivity index (χ0) is 17.1. The smallest absolute Gasteiger partial charge is 0.272 e. The van der Waals surface area contributed by atoms with E-state index in [1.54, 1.807) is 24.7 Å². The van der Waals surface area contributed by atoms with Crippen molar-refractivity contribution < 1.29 is 14.3 Å². The van der Waals surface area contributed by atoms with Crippen molar-refractivity contribution in [2.45, 2.75) is 37.7 Å². The summed E-state index contributed by atoms with van der Waals surface area (Å²) in [5.41, 5.74) is 1.49. The third-order valence-electron chi connectivity index (χ3n) is 4.81. The van der Waals surface area contributed by atoms with Gasteiger partial charge in [-0.05, 0) is 36.6 Å². The molecule has 25 heavy (non-hydrogen) atoms. The van der Waals surface area contributed by atoms with Gasteiger partial charge in [-0.3, -0.25) is 14.8 Å². The van der Waals surface area contributed by atoms with E-state index in [0.717, 1.165) is 25.0 Å². The number of ether oxygens (including phenoxy) is 2. The monoisotopic (exact) mass is 339 g/mol. The van der Waals surface area contributed by atoms with Crippen LogP contribution in [0.25, 0.3) is 0 Å². The van der Waals surface area contributed by atoms with Crippen LogP contribution in [0.2, 0.25) is 0 Å². The molecular formula is C19H21N3O3. The molecule has 2 saturated heterocycles. The Labute approximate surface area is 146 Å². The minimum Gasteiger partial charge on any atom is -0.373 e. The number of amides is 1. The molecule has 6 nitrogen and oxygen atoms in total. The molecule has 0 unspecified atom stereocenters. The summed E-state index contributed by atoms with van der Waals surface area (Å²) in [4.78, 5) is 23.0. The van der Waals surface area contributed by atoms with Gasteiger partial charge >= 0.3 is 0 Å². The van der Waals surface area contributed by atoms with Crippen LogP contribution in [0.1, 0.15) is 28.9 Å². The predicted molar refractivity (Wildman–Crippen MR) is 90.8 cm³/mol. The molecule has 2 aliphatic heterocycles. The van der Waals surface area contributed by atoms with Crippen molar-refractivity contribution in [3.05, 3.63) is 60.2 Å². The highest BCUT2D eigenvalue weighted by atomic mass is 16.5. The van der Waals surface area contributed by atoms with Crippen LogP contribution in [0, 0.1) is 0 Å². The topological polar surface area (TPSA) is 64.6 Å². The molecule has 0 radical (unpaired) electrons. The van der Waals surface area contributed by atoms with Gasteiger partial charge in [0.1, 0.15) is 17.9 Å². The summed E-state index contributed by atoms with van der Waals surface area (Å²) in [6, 6.07) is 9.34. The van der Waals surface area contributed by atoms with Gasteiger partial charge in [0, 0.05) is 25.2 Å². The van der Waals surface area contributed by atoms with Gasteiger partial charge in [0.05, 0.1) is 19.2 Å². The van der Waals surface area contributed by atoms with E-state index < -0.39 is 0 Å². The molecule has 3 atom stereocenters. The number of nitrogens with zero attached hydrogens (tertiary/aromatic N) is 3. The molecule has 4 rings (SSSR count). The molecule has 0 bridgehead atoms. The number of likely N-dealkylation sites (tertiary alicyclic amines) is 1. The van der Waals surface area contributed by atoms with Crippen LogP contribution in [-0.4, -0.2) is 52.2 Å². The molecular weight excluding hydrogens is 318 g/mol. The third kappa shape index (κ3) is 3.41. The van der Waals surface area contributed by atoms with E-state index in [1.807, 2.05) is 29.2 Å². The van der Waals surface area contributed by atoms with Crippen molar-refractivity contribution in [1.82, 2.24) is 14.9 Å². The van der Waals surface area contributed by atoms with Gasteiger partial charge in [-0.25, -0.2) is 0 Å². The predicted octanol–water partition coefficient (Wildman–Crippen LogP) is 2.07. The third-order valence-corrected chi connectivity index (χ3v) is 4.81. The fraction of sp³-hybridized carbons (Fsp3) is 0.421. The van der Waals surface area contributed by atoms with Crippen LogP contribution >= 0.6 is 0 Å². The van der Waals surface area contributed by atoms with E-state index in [1.165, 1.54) is 0 Å². The summed E-state index contributed by atoms with van der Waals surface area (Å²) >= 11 is 0. The molecule has 2 fully saturated rings. The second-order valence-corrected chi connectivity index (χ2v) is 6.43. The Kier molecular flexibility index (Phi) is 4.72. The number of carbonyl (C=O) groups is 1. The molecule has 2 aliphatic rings. The van der Waals surface area contributed by atoms with E-state index in [4.69, 9.17) is 9.47 Å². The zero-order valence-electron chi connectivity index (χ0n) is 14.0. The van der Waals surface area contributed by atoms with Gasteiger partial charge in [-0.1, -0.05) is 12.1 Å². The quantitative estimate of drug-likeness (QED) is 0.853. The lowest BCUT2D eigenvalue weighted by Gasteiger charge is -2.32. The van der Waals surface area contributed by atoms with Crippen LogP contribution in [-0.2, 0) is 16.1 Å². The summed E-state index contributed by atoms with van der Waals surface area (Å²) in [5.74, 6) is -0.0476. The highest BCUT2D eigenvalue weighted by Crippen LogP contribution is 2.32. The molecule has 4 heterocycles. The highest BCUT2D eigenvalue weighted by Gasteiger charge is 2.47. The minimum atomic E-state index is -0.127. The van der Waals surface area contributed by atoms with Gasteiger partial charge < -0.3 is 14.4 Å². The fourth-order valence-corrected chi connectivity index (χ4v) is 3.61. The van der Waals surface area contributed by atoms with Crippen LogP contribution in [0.4, 0.5) is 0 Å². The maximum absolute atomic E-state index is 12.9. The lowest BCUT2D eigenvalue weighted by Crippen LogP contribution is -2.44. The van der Waals surface area contributed by atoms with Gasteiger partial charge in [0.25, 0.3) is 5.91 Å². The molecule has 0 aromatic carbocycles. The van der Waals surface area contributed by atoms with Crippen LogP contribution in [0.15, 0.2) is 48.9 Å². The highest BCUT2D eigenvalue weighted by molar-refractivity contribution is 5.92. The summed E-state index contributed by atoms with van der Waals surface area (Å²) in [6.45, 7) is 1.72. The van der Waals surface area contributed by atoms with E-state index in [2.05, 4.69) is 9.97 Å². The minimum absolute atomic E-state index is 0.0476. The average molecular weight is 339 g/mol. The number of fused-ring (bicyclic) bond motifs is 1. The number of carbonyl (C=O) groups excluding carboxylic acids is 1. The van der Waals surface area contributed by atoms with Gasteiger partial charge in [-0.15, -0.1) is 0 Å². The van der Waals surface area contributed by atoms with E-state index in [0.29, 0.717) is 18.8 Å². The molecule has 6 heteroatoms. The van der Waals surface area contributed by atoms with Crippen LogP contribution in [0.3, 0.4) is 0 Å². The number of rotatable bonds is 4. The largest absolute Gasteiger partial charge is 0.373 e. The van der Waals surface area contributed by atoms with Crippen LogP contribution < -0.4 is 0 Å². The van der Waals surface area contributed by atoms with Gasteiger partial charge in [-0.2, -0.15) is 0 Å².